The van der Waals surface area contributed by atoms with Crippen LogP contribution in [0.3, 0.4) is 0 Å². The number of aryl methyl sites for hydroxylation is 1. The fourth-order valence-electron chi connectivity index (χ4n) is 4.62. The lowest BCUT2D eigenvalue weighted by Crippen LogP contribution is -2.30. The average molecular weight is 303 g/mol. The standard InChI is InChI=1S/C17H21NO2S/c1-14-6-8-15(9-7-14)21(19,20)18-16-10-2-3-11-17(16,18)13-5-4-12-16/h2-3,6-9H,4-5,10-13H2,1H3/t16-,17+,18?. The summed E-state index contributed by atoms with van der Waals surface area (Å²) in [7, 11) is -3.37. The highest BCUT2D eigenvalue weighted by Crippen LogP contribution is 2.67. The second kappa shape index (κ2) is 4.20. The molecule has 3 nitrogen and oxygen atoms in total. The average Bonchev–Trinajstić information content (AvgIpc) is 3.12. The van der Waals surface area contributed by atoms with E-state index in [1.807, 2.05) is 23.4 Å². The molecule has 1 aromatic carbocycles. The summed E-state index contributed by atoms with van der Waals surface area (Å²) in [6.07, 6.45) is 10.5. The maximum absolute atomic E-state index is 13.1. The summed E-state index contributed by atoms with van der Waals surface area (Å²) < 4.78 is 28.1. The van der Waals surface area contributed by atoms with Gasteiger partial charge in [0.2, 0.25) is 10.0 Å². The van der Waals surface area contributed by atoms with Crippen molar-refractivity contribution >= 4 is 10.0 Å². The number of nitrogens with zero attached hydrogens (tertiary/aromatic N) is 1. The lowest BCUT2D eigenvalue weighted by atomic mass is 9.73. The van der Waals surface area contributed by atoms with Crippen molar-refractivity contribution in [2.24, 2.45) is 0 Å². The third-order valence-electron chi connectivity index (χ3n) is 5.66. The Labute approximate surface area is 126 Å². The van der Waals surface area contributed by atoms with E-state index in [1.165, 1.54) is 0 Å². The van der Waals surface area contributed by atoms with Crippen LogP contribution in [0.4, 0.5) is 0 Å². The van der Waals surface area contributed by atoms with Crippen LogP contribution in [-0.2, 0) is 10.0 Å². The van der Waals surface area contributed by atoms with E-state index in [0.717, 1.165) is 44.1 Å². The van der Waals surface area contributed by atoms with Gasteiger partial charge >= 0.3 is 0 Å². The molecule has 0 aromatic heterocycles. The molecule has 3 aliphatic rings. The molecule has 21 heavy (non-hydrogen) atoms. The first-order valence-electron chi connectivity index (χ1n) is 7.80. The third-order valence-corrected chi connectivity index (χ3v) is 7.71. The van der Waals surface area contributed by atoms with Gasteiger partial charge in [-0.25, -0.2) is 8.42 Å². The molecule has 1 saturated carbocycles. The number of sulfonamides is 1. The molecule has 0 amide bonds. The van der Waals surface area contributed by atoms with E-state index < -0.39 is 10.0 Å². The van der Waals surface area contributed by atoms with E-state index in [0.29, 0.717) is 4.90 Å². The van der Waals surface area contributed by atoms with Gasteiger partial charge in [0.25, 0.3) is 0 Å². The highest BCUT2D eigenvalue weighted by molar-refractivity contribution is 7.89. The number of benzene rings is 1. The van der Waals surface area contributed by atoms with E-state index in [-0.39, 0.29) is 11.1 Å². The van der Waals surface area contributed by atoms with Crippen molar-refractivity contribution in [2.75, 3.05) is 0 Å². The lowest BCUT2D eigenvalue weighted by Gasteiger charge is -2.27. The van der Waals surface area contributed by atoms with E-state index in [1.54, 1.807) is 12.1 Å². The summed E-state index contributed by atoms with van der Waals surface area (Å²) in [5.41, 5.74) is 0.848. The normalized spacial score (nSPS) is 37.7. The first kappa shape index (κ1) is 13.5. The van der Waals surface area contributed by atoms with Gasteiger partial charge in [0.05, 0.1) is 16.0 Å². The van der Waals surface area contributed by atoms with Crippen LogP contribution < -0.4 is 0 Å². The number of hydrogen-bond acceptors (Lipinski definition) is 2. The quantitative estimate of drug-likeness (QED) is 0.620. The van der Waals surface area contributed by atoms with Gasteiger partial charge in [0.15, 0.2) is 0 Å². The maximum Gasteiger partial charge on any atom is 0.244 e. The monoisotopic (exact) mass is 303 g/mol. The van der Waals surface area contributed by atoms with Gasteiger partial charge in [-0.3, -0.25) is 0 Å². The Bertz CT molecular complexity index is 683. The van der Waals surface area contributed by atoms with Crippen LogP contribution in [-0.4, -0.2) is 23.8 Å². The summed E-state index contributed by atoms with van der Waals surface area (Å²) in [6.45, 7) is 1.98. The molecule has 4 rings (SSSR count). The Morgan fingerprint density at radius 3 is 2.00 bits per heavy atom. The second-order valence-electron chi connectivity index (χ2n) is 6.73. The predicted molar refractivity (Wildman–Crippen MR) is 82.5 cm³/mol. The molecule has 112 valence electrons. The van der Waals surface area contributed by atoms with E-state index in [9.17, 15) is 8.42 Å². The van der Waals surface area contributed by atoms with Gasteiger partial charge < -0.3 is 0 Å². The fraction of sp³-hybridized carbons (Fsp3) is 0.529. The Kier molecular flexibility index (Phi) is 2.71. The van der Waals surface area contributed by atoms with Crippen LogP contribution >= 0.6 is 0 Å². The Balaban J connectivity index is 1.79. The van der Waals surface area contributed by atoms with Crippen LogP contribution in [0.25, 0.3) is 0 Å². The first-order valence-corrected chi connectivity index (χ1v) is 9.24. The van der Waals surface area contributed by atoms with Crippen molar-refractivity contribution in [1.29, 1.82) is 0 Å². The molecule has 1 heterocycles. The Morgan fingerprint density at radius 2 is 1.48 bits per heavy atom. The molecule has 0 N–H and O–H groups in total. The zero-order valence-corrected chi connectivity index (χ0v) is 13.2. The summed E-state index contributed by atoms with van der Waals surface area (Å²) in [5, 5.41) is 0. The molecule has 1 saturated heterocycles. The van der Waals surface area contributed by atoms with E-state index in [2.05, 4.69) is 12.2 Å². The predicted octanol–water partition coefficient (Wildman–Crippen LogP) is 3.40. The SMILES string of the molecule is Cc1ccc(S(=O)(=O)N2[C@@]34CC=CC[C@@]23CCCC4)cc1. The summed E-state index contributed by atoms with van der Waals surface area (Å²) in [5.74, 6) is 0. The molecular weight excluding hydrogens is 282 g/mol. The van der Waals surface area contributed by atoms with Crippen molar-refractivity contribution in [1.82, 2.24) is 4.31 Å². The minimum atomic E-state index is -3.37. The zero-order valence-electron chi connectivity index (χ0n) is 12.4. The topological polar surface area (TPSA) is 37.1 Å². The van der Waals surface area contributed by atoms with Gasteiger partial charge in [-0.1, -0.05) is 42.7 Å². The lowest BCUT2D eigenvalue weighted by molar-refractivity contribution is 0.364. The zero-order chi connectivity index (χ0) is 14.7. The third kappa shape index (κ3) is 1.60. The molecule has 1 aliphatic heterocycles. The Morgan fingerprint density at radius 1 is 0.952 bits per heavy atom. The molecule has 0 bridgehead atoms. The molecule has 4 heteroatoms. The van der Waals surface area contributed by atoms with E-state index in [4.69, 9.17) is 0 Å². The van der Waals surface area contributed by atoms with Gasteiger partial charge in [-0.15, -0.1) is 0 Å². The first-order chi connectivity index (χ1) is 10.0. The highest BCUT2D eigenvalue weighted by atomic mass is 32.2. The van der Waals surface area contributed by atoms with Gasteiger partial charge in [-0.05, 0) is 44.7 Å². The highest BCUT2D eigenvalue weighted by Gasteiger charge is 2.78. The van der Waals surface area contributed by atoms with Crippen molar-refractivity contribution in [2.45, 2.75) is 61.4 Å². The van der Waals surface area contributed by atoms with Crippen molar-refractivity contribution in [3.05, 3.63) is 42.0 Å². The molecule has 2 fully saturated rings. The largest absolute Gasteiger partial charge is 0.244 e. The van der Waals surface area contributed by atoms with Gasteiger partial charge in [0.1, 0.15) is 0 Å². The smallest absolute Gasteiger partial charge is 0.207 e. The van der Waals surface area contributed by atoms with Crippen molar-refractivity contribution in [3.8, 4) is 0 Å². The second-order valence-corrected chi connectivity index (χ2v) is 8.52. The Hall–Kier alpha value is -1.13. The van der Waals surface area contributed by atoms with E-state index >= 15 is 0 Å². The van der Waals surface area contributed by atoms with Crippen LogP contribution in [0.15, 0.2) is 41.3 Å². The maximum atomic E-state index is 13.1. The molecule has 0 spiro atoms. The van der Waals surface area contributed by atoms with Crippen molar-refractivity contribution < 1.29 is 8.42 Å². The molecule has 2 aliphatic carbocycles. The fourth-order valence-corrected chi connectivity index (χ4v) is 6.86. The van der Waals surface area contributed by atoms with Crippen LogP contribution in [0.2, 0.25) is 0 Å². The minimum absolute atomic E-state index is 0.121. The van der Waals surface area contributed by atoms with Crippen LogP contribution in [0, 0.1) is 6.92 Å². The van der Waals surface area contributed by atoms with Gasteiger partial charge in [0, 0.05) is 0 Å². The van der Waals surface area contributed by atoms with Crippen LogP contribution in [0.5, 0.6) is 0 Å². The summed E-state index contributed by atoms with van der Waals surface area (Å²) >= 11 is 0. The van der Waals surface area contributed by atoms with Gasteiger partial charge in [-0.2, -0.15) is 4.31 Å². The molecule has 3 atom stereocenters. The molecule has 0 radical (unpaired) electrons. The van der Waals surface area contributed by atoms with Crippen molar-refractivity contribution in [3.63, 3.8) is 0 Å². The summed E-state index contributed by atoms with van der Waals surface area (Å²) in [6, 6.07) is 7.28. The molecule has 1 aromatic rings. The number of hydrogen-bond donors (Lipinski definition) is 0. The minimum Gasteiger partial charge on any atom is -0.207 e. The van der Waals surface area contributed by atoms with Crippen LogP contribution in [0.1, 0.15) is 44.1 Å². The number of rotatable bonds is 2. The molecule has 1 unspecified atom stereocenters. The summed E-state index contributed by atoms with van der Waals surface area (Å²) in [4.78, 5) is 0.447. The molecular formula is C17H21NO2S.